The van der Waals surface area contributed by atoms with Crippen LogP contribution in [-0.2, 0) is 6.61 Å². The molecule has 0 radical (unpaired) electrons. The van der Waals surface area contributed by atoms with Gasteiger partial charge in [0, 0.05) is 6.92 Å². The van der Waals surface area contributed by atoms with Gasteiger partial charge in [-0.3, -0.25) is 0 Å². The Morgan fingerprint density at radius 3 is 2.89 bits per heavy atom. The Morgan fingerprint density at radius 1 is 1.50 bits per heavy atom. The molecule has 2 heterocycles. The van der Waals surface area contributed by atoms with Crippen LogP contribution in [0.1, 0.15) is 10.7 Å². The maximum absolute atomic E-state index is 10.8. The Hall–Kier alpha value is -1.80. The van der Waals surface area contributed by atoms with E-state index in [1.165, 1.54) is 6.07 Å². The molecule has 0 unspecified atom stereocenters. The first-order chi connectivity index (χ1) is 8.56. The van der Waals surface area contributed by atoms with E-state index >= 15 is 0 Å². The van der Waals surface area contributed by atoms with Gasteiger partial charge in [-0.1, -0.05) is 11.3 Å². The van der Waals surface area contributed by atoms with Gasteiger partial charge in [0.05, 0.1) is 0 Å². The Bertz CT molecular complexity index is 589. The fourth-order valence-corrected chi connectivity index (χ4v) is 1.99. The van der Waals surface area contributed by atoms with Crippen molar-refractivity contribution in [2.75, 3.05) is 0 Å². The molecule has 0 fully saturated rings. The van der Waals surface area contributed by atoms with E-state index in [9.17, 15) is 10.1 Å². The number of hydrogen-bond acceptors (Lipinski definition) is 7. The van der Waals surface area contributed by atoms with Crippen LogP contribution in [0.25, 0.3) is 0 Å². The Balaban J connectivity index is 2.16. The van der Waals surface area contributed by atoms with E-state index < -0.39 is 4.92 Å². The maximum atomic E-state index is 10.8. The molecule has 2 aromatic rings. The molecule has 2 aromatic heterocycles. The third kappa shape index (κ3) is 2.90. The number of aryl methyl sites for hydroxylation is 1. The van der Waals surface area contributed by atoms with E-state index in [1.54, 1.807) is 13.0 Å². The standard InChI is InChI=1S/C9H7ClN4O3S/c1-5-2-3-6(8(11-5)14(15)16)17-4-7-12-13-9(10)18-7/h2-3H,4H2,1H3. The SMILES string of the molecule is Cc1ccc(OCc2nnc(Cl)s2)c([N+](=O)[O-])n1. The summed E-state index contributed by atoms with van der Waals surface area (Å²) >= 11 is 6.77. The molecule has 0 atom stereocenters. The summed E-state index contributed by atoms with van der Waals surface area (Å²) in [6.45, 7) is 1.73. The van der Waals surface area contributed by atoms with Crippen molar-refractivity contribution in [2.45, 2.75) is 13.5 Å². The number of hydrogen-bond donors (Lipinski definition) is 0. The summed E-state index contributed by atoms with van der Waals surface area (Å²) in [5.41, 5.74) is 0.549. The number of nitrogens with zero attached hydrogens (tertiary/aromatic N) is 4. The van der Waals surface area contributed by atoms with Crippen molar-refractivity contribution < 1.29 is 9.66 Å². The number of pyridine rings is 1. The van der Waals surface area contributed by atoms with E-state index in [-0.39, 0.29) is 18.2 Å². The van der Waals surface area contributed by atoms with Crippen LogP contribution in [0.3, 0.4) is 0 Å². The highest BCUT2D eigenvalue weighted by molar-refractivity contribution is 7.15. The molecular weight excluding hydrogens is 280 g/mol. The molecule has 0 saturated carbocycles. The quantitative estimate of drug-likeness (QED) is 0.633. The first-order valence-corrected chi connectivity index (χ1v) is 5.98. The van der Waals surface area contributed by atoms with Gasteiger partial charge in [0.15, 0.2) is 5.01 Å². The molecule has 0 N–H and O–H groups in total. The average molecular weight is 287 g/mol. The fraction of sp³-hybridized carbons (Fsp3) is 0.222. The van der Waals surface area contributed by atoms with E-state index in [2.05, 4.69) is 15.2 Å². The van der Waals surface area contributed by atoms with Crippen LogP contribution in [-0.4, -0.2) is 20.1 Å². The molecule has 18 heavy (non-hydrogen) atoms. The summed E-state index contributed by atoms with van der Waals surface area (Å²) < 4.78 is 5.59. The summed E-state index contributed by atoms with van der Waals surface area (Å²) in [4.78, 5) is 14.0. The first kappa shape index (κ1) is 12.7. The number of ether oxygens (including phenoxy) is 1. The van der Waals surface area contributed by atoms with Crippen LogP contribution in [0, 0.1) is 17.0 Å². The van der Waals surface area contributed by atoms with Crippen molar-refractivity contribution >= 4 is 28.8 Å². The second-order valence-electron chi connectivity index (χ2n) is 3.27. The molecule has 0 spiro atoms. The predicted octanol–water partition coefficient (Wildman–Crippen LogP) is 2.38. The first-order valence-electron chi connectivity index (χ1n) is 4.79. The molecule has 0 aliphatic heterocycles. The van der Waals surface area contributed by atoms with Crippen LogP contribution in [0.2, 0.25) is 4.47 Å². The highest BCUT2D eigenvalue weighted by Gasteiger charge is 2.18. The lowest BCUT2D eigenvalue weighted by Crippen LogP contribution is -2.01. The van der Waals surface area contributed by atoms with Crippen LogP contribution in [0.5, 0.6) is 5.75 Å². The minimum absolute atomic E-state index is 0.0654. The van der Waals surface area contributed by atoms with Crippen LogP contribution in [0.15, 0.2) is 12.1 Å². The topological polar surface area (TPSA) is 91.0 Å². The molecule has 9 heteroatoms. The number of rotatable bonds is 4. The van der Waals surface area contributed by atoms with Gasteiger partial charge in [-0.15, -0.1) is 10.2 Å². The normalized spacial score (nSPS) is 10.3. The minimum Gasteiger partial charge on any atom is -0.478 e. The van der Waals surface area contributed by atoms with Crippen LogP contribution >= 0.6 is 22.9 Å². The molecule has 0 aliphatic rings. The summed E-state index contributed by atoms with van der Waals surface area (Å²) in [5.74, 6) is -0.220. The van der Waals surface area contributed by atoms with Gasteiger partial charge in [-0.25, -0.2) is 0 Å². The lowest BCUT2D eigenvalue weighted by molar-refractivity contribution is -0.390. The summed E-state index contributed by atoms with van der Waals surface area (Å²) in [7, 11) is 0. The smallest absolute Gasteiger partial charge is 0.406 e. The van der Waals surface area contributed by atoms with E-state index in [1.807, 2.05) is 0 Å². The van der Waals surface area contributed by atoms with Crippen molar-refractivity contribution in [2.24, 2.45) is 0 Å². The maximum Gasteiger partial charge on any atom is 0.406 e. The molecule has 0 aromatic carbocycles. The monoisotopic (exact) mass is 286 g/mol. The van der Waals surface area contributed by atoms with Gasteiger partial charge in [0.25, 0.3) is 0 Å². The summed E-state index contributed by atoms with van der Waals surface area (Å²) in [6, 6.07) is 3.14. The fourth-order valence-electron chi connectivity index (χ4n) is 1.20. The Kier molecular flexibility index (Phi) is 3.68. The zero-order valence-corrected chi connectivity index (χ0v) is 10.7. The lowest BCUT2D eigenvalue weighted by atomic mass is 10.3. The second-order valence-corrected chi connectivity index (χ2v) is 4.91. The van der Waals surface area contributed by atoms with Gasteiger partial charge in [-0.2, -0.15) is 0 Å². The van der Waals surface area contributed by atoms with Crippen molar-refractivity contribution in [1.82, 2.24) is 15.2 Å². The third-order valence-corrected chi connectivity index (χ3v) is 2.94. The summed E-state index contributed by atoms with van der Waals surface area (Å²) in [6.07, 6.45) is 0. The highest BCUT2D eigenvalue weighted by atomic mass is 35.5. The van der Waals surface area contributed by atoms with Crippen molar-refractivity contribution in [3.8, 4) is 5.75 Å². The Labute approximate surface area is 111 Å². The average Bonchev–Trinajstić information content (AvgIpc) is 2.73. The zero-order valence-electron chi connectivity index (χ0n) is 9.16. The second kappa shape index (κ2) is 5.23. The van der Waals surface area contributed by atoms with Crippen molar-refractivity contribution in [3.05, 3.63) is 37.4 Å². The van der Waals surface area contributed by atoms with Gasteiger partial charge < -0.3 is 14.9 Å². The molecular formula is C9H7ClN4O3S. The molecule has 0 bridgehead atoms. The van der Waals surface area contributed by atoms with Crippen molar-refractivity contribution in [1.29, 1.82) is 0 Å². The van der Waals surface area contributed by atoms with Crippen molar-refractivity contribution in [3.63, 3.8) is 0 Å². The number of halogens is 1. The van der Waals surface area contributed by atoms with Gasteiger partial charge in [0.2, 0.25) is 10.2 Å². The van der Waals surface area contributed by atoms with Crippen LogP contribution < -0.4 is 4.74 Å². The molecule has 0 aliphatic carbocycles. The number of aromatic nitrogens is 3. The minimum atomic E-state index is -0.588. The molecule has 0 amide bonds. The predicted molar refractivity (Wildman–Crippen MR) is 64.9 cm³/mol. The molecule has 2 rings (SSSR count). The van der Waals surface area contributed by atoms with Gasteiger partial charge in [-0.05, 0) is 33.6 Å². The third-order valence-electron chi connectivity index (χ3n) is 1.94. The van der Waals surface area contributed by atoms with E-state index in [4.69, 9.17) is 16.3 Å². The lowest BCUT2D eigenvalue weighted by Gasteiger charge is -2.03. The van der Waals surface area contributed by atoms with E-state index in [0.717, 1.165) is 11.3 Å². The molecule has 94 valence electrons. The highest BCUT2D eigenvalue weighted by Crippen LogP contribution is 2.26. The number of nitro groups is 1. The zero-order chi connectivity index (χ0) is 13.1. The van der Waals surface area contributed by atoms with Crippen LogP contribution in [0.4, 0.5) is 5.82 Å². The molecule has 7 nitrogen and oxygen atoms in total. The largest absolute Gasteiger partial charge is 0.478 e. The van der Waals surface area contributed by atoms with Gasteiger partial charge in [0.1, 0.15) is 12.3 Å². The van der Waals surface area contributed by atoms with Gasteiger partial charge >= 0.3 is 5.82 Å². The van der Waals surface area contributed by atoms with E-state index in [0.29, 0.717) is 15.2 Å². The molecule has 0 saturated heterocycles. The Morgan fingerprint density at radius 2 is 2.28 bits per heavy atom. The summed E-state index contributed by atoms with van der Waals surface area (Å²) in [5, 5.41) is 18.7.